The molecule has 0 fully saturated rings. The molecule has 0 aliphatic rings. The molecule has 1 rings (SSSR count). The summed E-state index contributed by atoms with van der Waals surface area (Å²) in [4.78, 5) is 0. The Kier molecular flexibility index (Phi) is 3.94. The molecule has 0 saturated carbocycles. The van der Waals surface area contributed by atoms with Gasteiger partial charge >= 0.3 is 0 Å². The van der Waals surface area contributed by atoms with E-state index in [-0.39, 0.29) is 6.67 Å². The van der Waals surface area contributed by atoms with Crippen molar-refractivity contribution >= 4 is 0 Å². The molecule has 0 amide bonds. The molecule has 0 heterocycles. The number of benzene rings is 1. The van der Waals surface area contributed by atoms with Crippen LogP contribution in [0.4, 0.5) is 4.39 Å². The van der Waals surface area contributed by atoms with Gasteiger partial charge in [0.1, 0.15) is 6.67 Å². The first-order valence-corrected chi connectivity index (χ1v) is 4.12. The normalized spacial score (nSPS) is 9.54. The Hall–Kier alpha value is -1.40. The maximum atomic E-state index is 11.7. The van der Waals surface area contributed by atoms with Gasteiger partial charge in [-0.25, -0.2) is 4.39 Å². The van der Waals surface area contributed by atoms with Gasteiger partial charge < -0.3 is 5.32 Å². The minimum absolute atomic E-state index is 0.351. The Morgan fingerprint density at radius 3 is 2.54 bits per heavy atom. The molecule has 0 atom stereocenters. The first-order valence-electron chi connectivity index (χ1n) is 4.12. The summed E-state index contributed by atoms with van der Waals surface area (Å²) >= 11 is 0. The molecule has 0 saturated heterocycles. The summed E-state index contributed by atoms with van der Waals surface area (Å²) < 4.78 is 11.7. The zero-order valence-electron chi connectivity index (χ0n) is 7.26. The first kappa shape index (κ1) is 9.69. The van der Waals surface area contributed by atoms with E-state index in [9.17, 15) is 4.39 Å². The molecule has 0 unspecified atom stereocenters. The van der Waals surface area contributed by atoms with Gasteiger partial charge in [-0.1, -0.05) is 12.1 Å². The van der Waals surface area contributed by atoms with Crippen LogP contribution in [-0.2, 0) is 6.54 Å². The van der Waals surface area contributed by atoms with E-state index in [1.807, 2.05) is 18.2 Å². The quantitative estimate of drug-likeness (QED) is 0.711. The minimum Gasteiger partial charge on any atom is -0.310 e. The summed E-state index contributed by atoms with van der Waals surface area (Å²) in [6.07, 6.45) is 0. The minimum atomic E-state index is -0.351. The topological polar surface area (TPSA) is 35.8 Å². The Balaban J connectivity index is 2.46. The number of hydrogen-bond donors (Lipinski definition) is 1. The van der Waals surface area contributed by atoms with Gasteiger partial charge in [0, 0.05) is 13.1 Å². The average Bonchev–Trinajstić information content (AvgIpc) is 2.19. The Morgan fingerprint density at radius 1 is 1.31 bits per heavy atom. The third kappa shape index (κ3) is 3.22. The zero-order valence-corrected chi connectivity index (χ0v) is 7.26. The fraction of sp³-hybridized carbons (Fsp3) is 0.300. The maximum absolute atomic E-state index is 11.7. The van der Waals surface area contributed by atoms with E-state index in [4.69, 9.17) is 5.26 Å². The number of nitriles is 1. The molecule has 0 aliphatic carbocycles. The van der Waals surface area contributed by atoms with Crippen LogP contribution in [0.2, 0.25) is 0 Å². The summed E-state index contributed by atoms with van der Waals surface area (Å²) in [6, 6.07) is 9.28. The van der Waals surface area contributed by atoms with E-state index in [1.165, 1.54) is 0 Å². The molecule has 0 radical (unpaired) electrons. The van der Waals surface area contributed by atoms with E-state index >= 15 is 0 Å². The van der Waals surface area contributed by atoms with Crippen LogP contribution in [0.25, 0.3) is 0 Å². The van der Waals surface area contributed by atoms with Gasteiger partial charge in [0.25, 0.3) is 0 Å². The summed E-state index contributed by atoms with van der Waals surface area (Å²) in [6.45, 7) is 0.673. The third-order valence-electron chi connectivity index (χ3n) is 1.68. The van der Waals surface area contributed by atoms with Crippen molar-refractivity contribution in [2.24, 2.45) is 0 Å². The van der Waals surface area contributed by atoms with Gasteiger partial charge in [-0.3, -0.25) is 0 Å². The molecule has 13 heavy (non-hydrogen) atoms. The van der Waals surface area contributed by atoms with Crippen LogP contribution in [0.5, 0.6) is 0 Å². The van der Waals surface area contributed by atoms with E-state index < -0.39 is 0 Å². The summed E-state index contributed by atoms with van der Waals surface area (Å²) in [7, 11) is 0. The van der Waals surface area contributed by atoms with Gasteiger partial charge in [0.15, 0.2) is 0 Å². The maximum Gasteiger partial charge on any atom is 0.102 e. The fourth-order valence-corrected chi connectivity index (χ4v) is 0.997. The lowest BCUT2D eigenvalue weighted by Gasteiger charge is -2.01. The van der Waals surface area contributed by atoms with Crippen LogP contribution in [0, 0.1) is 11.3 Å². The predicted octanol–water partition coefficient (Wildman–Crippen LogP) is 1.62. The number of nitrogens with zero attached hydrogens (tertiary/aromatic N) is 1. The molecule has 68 valence electrons. The summed E-state index contributed by atoms with van der Waals surface area (Å²) in [5.41, 5.74) is 1.71. The Labute approximate surface area is 77.0 Å². The molecule has 2 nitrogen and oxygen atoms in total. The van der Waals surface area contributed by atoms with Crippen LogP contribution in [-0.4, -0.2) is 13.2 Å². The van der Waals surface area contributed by atoms with Crippen molar-refractivity contribution in [1.82, 2.24) is 5.32 Å². The fourth-order valence-electron chi connectivity index (χ4n) is 0.997. The van der Waals surface area contributed by atoms with E-state index in [1.54, 1.807) is 12.1 Å². The van der Waals surface area contributed by atoms with Crippen LogP contribution in [0.1, 0.15) is 11.1 Å². The average molecular weight is 178 g/mol. The second-order valence-corrected chi connectivity index (χ2v) is 2.67. The highest BCUT2D eigenvalue weighted by Crippen LogP contribution is 2.02. The largest absolute Gasteiger partial charge is 0.310 e. The van der Waals surface area contributed by atoms with Gasteiger partial charge in [0.05, 0.1) is 11.6 Å². The lowest BCUT2D eigenvalue weighted by Crippen LogP contribution is -2.15. The second kappa shape index (κ2) is 5.28. The van der Waals surface area contributed by atoms with Crippen LogP contribution >= 0.6 is 0 Å². The zero-order chi connectivity index (χ0) is 9.52. The first-order chi connectivity index (χ1) is 6.36. The van der Waals surface area contributed by atoms with Crippen molar-refractivity contribution in [3.05, 3.63) is 35.4 Å². The van der Waals surface area contributed by atoms with Crippen molar-refractivity contribution in [3.8, 4) is 6.07 Å². The monoisotopic (exact) mass is 178 g/mol. The molecule has 1 N–H and O–H groups in total. The van der Waals surface area contributed by atoms with Crippen molar-refractivity contribution in [1.29, 1.82) is 5.26 Å². The summed E-state index contributed by atoms with van der Waals surface area (Å²) in [5.74, 6) is 0. The van der Waals surface area contributed by atoms with E-state index in [2.05, 4.69) is 5.32 Å². The van der Waals surface area contributed by atoms with Crippen LogP contribution in [0.15, 0.2) is 24.3 Å². The van der Waals surface area contributed by atoms with Gasteiger partial charge in [-0.2, -0.15) is 5.26 Å². The lowest BCUT2D eigenvalue weighted by molar-refractivity contribution is 0.467. The van der Waals surface area contributed by atoms with Gasteiger partial charge in [0.2, 0.25) is 0 Å². The molecule has 0 aliphatic heterocycles. The molecular weight excluding hydrogens is 167 g/mol. The molecule has 3 heteroatoms. The summed E-state index contributed by atoms with van der Waals surface area (Å²) in [5, 5.41) is 11.5. The standard InChI is InChI=1S/C10H11FN2/c11-5-6-13-8-10-3-1-9(7-12)2-4-10/h1-4,13H,5-6,8H2. The molecule has 0 spiro atoms. The number of rotatable bonds is 4. The van der Waals surface area contributed by atoms with E-state index in [0.29, 0.717) is 18.7 Å². The Morgan fingerprint density at radius 2 is 2.00 bits per heavy atom. The third-order valence-corrected chi connectivity index (χ3v) is 1.68. The highest BCUT2D eigenvalue weighted by atomic mass is 19.1. The number of hydrogen-bond acceptors (Lipinski definition) is 2. The highest BCUT2D eigenvalue weighted by molar-refractivity contribution is 5.31. The number of nitrogens with one attached hydrogen (secondary N) is 1. The van der Waals surface area contributed by atoms with E-state index in [0.717, 1.165) is 5.56 Å². The molecular formula is C10H11FN2. The number of alkyl halides is 1. The Bertz CT molecular complexity index is 287. The van der Waals surface area contributed by atoms with Crippen LogP contribution < -0.4 is 5.32 Å². The molecule has 0 aromatic heterocycles. The second-order valence-electron chi connectivity index (χ2n) is 2.67. The van der Waals surface area contributed by atoms with Crippen molar-refractivity contribution < 1.29 is 4.39 Å². The smallest absolute Gasteiger partial charge is 0.102 e. The molecule has 1 aromatic carbocycles. The van der Waals surface area contributed by atoms with Gasteiger partial charge in [-0.05, 0) is 17.7 Å². The highest BCUT2D eigenvalue weighted by Gasteiger charge is 1.92. The molecule has 0 bridgehead atoms. The lowest BCUT2D eigenvalue weighted by atomic mass is 10.1. The molecule has 1 aromatic rings. The SMILES string of the molecule is N#Cc1ccc(CNCCF)cc1. The van der Waals surface area contributed by atoms with Crippen molar-refractivity contribution in [2.75, 3.05) is 13.2 Å². The predicted molar refractivity (Wildman–Crippen MR) is 48.8 cm³/mol. The van der Waals surface area contributed by atoms with Crippen LogP contribution in [0.3, 0.4) is 0 Å². The van der Waals surface area contributed by atoms with Crippen molar-refractivity contribution in [2.45, 2.75) is 6.54 Å². The van der Waals surface area contributed by atoms with Crippen molar-refractivity contribution in [3.63, 3.8) is 0 Å². The number of halogens is 1. The van der Waals surface area contributed by atoms with Gasteiger partial charge in [-0.15, -0.1) is 0 Å².